The Morgan fingerprint density at radius 1 is 1.29 bits per heavy atom. The van der Waals surface area contributed by atoms with Crippen LogP contribution in [0.4, 0.5) is 30.6 Å². The number of aldehydes is 1. The van der Waals surface area contributed by atoms with Crippen LogP contribution in [0.1, 0.15) is 20.8 Å². The Kier molecular flexibility index (Phi) is 6.86. The number of nitrogens with one attached hydrogen (secondary N) is 3. The topological polar surface area (TPSA) is 92.3 Å². The molecule has 1 aromatic carbocycles. The number of ether oxygens (including phenoxy) is 1. The average molecular weight is 392 g/mol. The monoisotopic (exact) mass is 392 g/mol. The average Bonchev–Trinajstić information content (AvgIpc) is 2.58. The van der Waals surface area contributed by atoms with E-state index in [9.17, 15) is 18.4 Å². The van der Waals surface area contributed by atoms with Gasteiger partial charge in [-0.3, -0.25) is 4.98 Å². The number of hydrogen-bond donors (Lipinski definition) is 3. The highest BCUT2D eigenvalue weighted by Gasteiger charge is 2.20. The summed E-state index contributed by atoms with van der Waals surface area (Å²) in [5, 5.41) is 8.04. The molecule has 1 atom stereocenters. The van der Waals surface area contributed by atoms with Gasteiger partial charge in [-0.25, -0.2) is 13.6 Å². The number of alkyl carbamates (subject to hydrolysis) is 1. The summed E-state index contributed by atoms with van der Waals surface area (Å²) in [4.78, 5) is 26.8. The summed E-state index contributed by atoms with van der Waals surface area (Å²) in [7, 11) is 0. The fourth-order valence-electron chi connectivity index (χ4n) is 2.25. The molecule has 0 radical (unpaired) electrons. The van der Waals surface area contributed by atoms with Gasteiger partial charge >= 0.3 is 6.09 Å². The molecule has 0 bridgehead atoms. The van der Waals surface area contributed by atoms with Crippen LogP contribution in [0.25, 0.3) is 0 Å². The van der Waals surface area contributed by atoms with E-state index in [1.807, 2.05) is 0 Å². The number of rotatable bonds is 7. The molecule has 1 unspecified atom stereocenters. The molecule has 1 heterocycles. The number of carbonyl (C=O) groups is 2. The van der Waals surface area contributed by atoms with E-state index in [-0.39, 0.29) is 12.2 Å². The highest BCUT2D eigenvalue weighted by Crippen LogP contribution is 2.28. The molecule has 1 aromatic heterocycles. The standard InChI is InChI=1S/C19H22F2N4O3/c1-19(2,3)28-18(27)25-14(11-26)10-23-17-15(21)5-4-6-16(17)24-13-7-12(20)8-22-9-13/h4-9,11,14,23-24H,10H2,1-3H3,(H,25,27). The number of hydrogen-bond acceptors (Lipinski definition) is 6. The van der Waals surface area contributed by atoms with E-state index in [1.54, 1.807) is 26.8 Å². The van der Waals surface area contributed by atoms with Gasteiger partial charge in [0.2, 0.25) is 0 Å². The van der Waals surface area contributed by atoms with E-state index in [1.165, 1.54) is 24.4 Å². The minimum absolute atomic E-state index is 0.0598. The van der Waals surface area contributed by atoms with Crippen LogP contribution in [-0.2, 0) is 9.53 Å². The van der Waals surface area contributed by atoms with Crippen LogP contribution in [0.2, 0.25) is 0 Å². The van der Waals surface area contributed by atoms with Gasteiger partial charge in [-0.2, -0.15) is 0 Å². The fourth-order valence-corrected chi connectivity index (χ4v) is 2.25. The lowest BCUT2D eigenvalue weighted by Crippen LogP contribution is -2.43. The van der Waals surface area contributed by atoms with Crippen LogP contribution in [0.15, 0.2) is 36.7 Å². The predicted octanol–water partition coefficient (Wildman–Crippen LogP) is 3.61. The van der Waals surface area contributed by atoms with Crippen LogP contribution in [-0.4, -0.2) is 35.6 Å². The number of nitrogens with zero attached hydrogens (tertiary/aromatic N) is 1. The molecule has 150 valence electrons. The van der Waals surface area contributed by atoms with E-state index < -0.39 is 29.4 Å². The van der Waals surface area contributed by atoms with Crippen molar-refractivity contribution in [1.29, 1.82) is 0 Å². The maximum Gasteiger partial charge on any atom is 0.408 e. The van der Waals surface area contributed by atoms with Gasteiger partial charge in [-0.1, -0.05) is 6.07 Å². The first-order valence-electron chi connectivity index (χ1n) is 8.52. The largest absolute Gasteiger partial charge is 0.444 e. The van der Waals surface area contributed by atoms with E-state index in [2.05, 4.69) is 20.9 Å². The molecule has 2 rings (SSSR count). The van der Waals surface area contributed by atoms with Gasteiger partial charge in [0, 0.05) is 12.6 Å². The molecule has 0 fully saturated rings. The first-order valence-corrected chi connectivity index (χ1v) is 8.52. The number of aromatic nitrogens is 1. The lowest BCUT2D eigenvalue weighted by molar-refractivity contribution is -0.109. The van der Waals surface area contributed by atoms with Crippen LogP contribution < -0.4 is 16.0 Å². The Bertz CT molecular complexity index is 840. The number of benzene rings is 1. The Morgan fingerprint density at radius 2 is 2.04 bits per heavy atom. The van der Waals surface area contributed by atoms with Crippen molar-refractivity contribution in [2.45, 2.75) is 32.4 Å². The summed E-state index contributed by atoms with van der Waals surface area (Å²) in [5.41, 5.74) is -0.0154. The second-order valence-corrected chi connectivity index (χ2v) is 6.95. The molecule has 2 aromatic rings. The molecular formula is C19H22F2N4O3. The van der Waals surface area contributed by atoms with Gasteiger partial charge in [0.25, 0.3) is 0 Å². The molecule has 7 nitrogen and oxygen atoms in total. The van der Waals surface area contributed by atoms with Crippen molar-refractivity contribution in [3.63, 3.8) is 0 Å². The van der Waals surface area contributed by atoms with Gasteiger partial charge in [0.05, 0.1) is 29.5 Å². The predicted molar refractivity (Wildman–Crippen MR) is 102 cm³/mol. The van der Waals surface area contributed by atoms with E-state index in [0.717, 1.165) is 6.20 Å². The minimum Gasteiger partial charge on any atom is -0.444 e. The van der Waals surface area contributed by atoms with Crippen molar-refractivity contribution in [3.05, 3.63) is 48.3 Å². The summed E-state index contributed by atoms with van der Waals surface area (Å²) in [6.07, 6.45) is 2.19. The van der Waals surface area contributed by atoms with Crippen molar-refractivity contribution < 1.29 is 23.1 Å². The molecule has 0 saturated carbocycles. The van der Waals surface area contributed by atoms with Gasteiger partial charge in [0.1, 0.15) is 29.6 Å². The normalized spacial score (nSPS) is 12.0. The minimum atomic E-state index is -0.946. The zero-order valence-electron chi connectivity index (χ0n) is 15.8. The SMILES string of the molecule is CC(C)(C)OC(=O)NC(C=O)CNc1c(F)cccc1Nc1cncc(F)c1. The number of halogens is 2. The number of anilines is 3. The van der Waals surface area contributed by atoms with Crippen LogP contribution >= 0.6 is 0 Å². The van der Waals surface area contributed by atoms with Gasteiger partial charge < -0.3 is 25.5 Å². The Morgan fingerprint density at radius 3 is 2.68 bits per heavy atom. The summed E-state index contributed by atoms with van der Waals surface area (Å²) in [6.45, 7) is 5.00. The summed E-state index contributed by atoms with van der Waals surface area (Å²) in [5.74, 6) is -1.13. The molecule has 9 heteroatoms. The first kappa shape index (κ1) is 21.1. The Balaban J connectivity index is 2.08. The lowest BCUT2D eigenvalue weighted by atomic mass is 10.2. The lowest BCUT2D eigenvalue weighted by Gasteiger charge is -2.22. The summed E-state index contributed by atoms with van der Waals surface area (Å²) >= 11 is 0. The number of amides is 1. The molecule has 0 spiro atoms. The third-order valence-electron chi connectivity index (χ3n) is 3.36. The molecular weight excluding hydrogens is 370 g/mol. The molecule has 28 heavy (non-hydrogen) atoms. The van der Waals surface area contributed by atoms with E-state index >= 15 is 0 Å². The molecule has 1 amide bonds. The third-order valence-corrected chi connectivity index (χ3v) is 3.36. The second-order valence-electron chi connectivity index (χ2n) is 6.95. The highest BCUT2D eigenvalue weighted by molar-refractivity contribution is 5.76. The van der Waals surface area contributed by atoms with Crippen molar-refractivity contribution in [3.8, 4) is 0 Å². The Labute approximate surface area is 161 Å². The maximum atomic E-state index is 14.3. The van der Waals surface area contributed by atoms with E-state index in [0.29, 0.717) is 17.7 Å². The maximum absolute atomic E-state index is 14.3. The van der Waals surface area contributed by atoms with Crippen LogP contribution in [0, 0.1) is 11.6 Å². The fraction of sp³-hybridized carbons (Fsp3) is 0.316. The Hall–Kier alpha value is -3.23. The van der Waals surface area contributed by atoms with Gasteiger partial charge in [0.15, 0.2) is 0 Å². The van der Waals surface area contributed by atoms with Crippen LogP contribution in [0.3, 0.4) is 0 Å². The first-order chi connectivity index (χ1) is 13.2. The number of carbonyl (C=O) groups excluding carboxylic acids is 2. The molecule has 0 aliphatic carbocycles. The van der Waals surface area contributed by atoms with Gasteiger partial charge in [-0.05, 0) is 32.9 Å². The van der Waals surface area contributed by atoms with Crippen molar-refractivity contribution in [1.82, 2.24) is 10.3 Å². The summed E-state index contributed by atoms with van der Waals surface area (Å²) < 4.78 is 32.7. The molecule has 0 aliphatic heterocycles. The number of pyridine rings is 1. The zero-order chi connectivity index (χ0) is 20.7. The third kappa shape index (κ3) is 6.49. The summed E-state index contributed by atoms with van der Waals surface area (Å²) in [6, 6.07) is 4.55. The molecule has 0 aliphatic rings. The molecule has 0 saturated heterocycles. The molecule has 3 N–H and O–H groups in total. The van der Waals surface area contributed by atoms with Crippen molar-refractivity contribution in [2.24, 2.45) is 0 Å². The van der Waals surface area contributed by atoms with Crippen LogP contribution in [0.5, 0.6) is 0 Å². The number of para-hydroxylation sites is 1. The van der Waals surface area contributed by atoms with Gasteiger partial charge in [-0.15, -0.1) is 0 Å². The highest BCUT2D eigenvalue weighted by atomic mass is 19.1. The quantitative estimate of drug-likeness (QED) is 0.624. The smallest absolute Gasteiger partial charge is 0.408 e. The zero-order valence-corrected chi connectivity index (χ0v) is 15.8. The second kappa shape index (κ2) is 9.12. The van der Waals surface area contributed by atoms with E-state index in [4.69, 9.17) is 4.74 Å². The van der Waals surface area contributed by atoms with Crippen molar-refractivity contribution >= 4 is 29.4 Å². The van der Waals surface area contributed by atoms with Crippen molar-refractivity contribution in [2.75, 3.05) is 17.2 Å².